The standard InChI is InChI=1S/C12H11N3O3/c16-15(17)7-5-10-3-4-12(14-8-10)18-11-2-1-6-13-9-11/h1-4,6,8-9H,5,7H2. The molecule has 0 bridgehead atoms. The van der Waals surface area contributed by atoms with Crippen LogP contribution in [0.25, 0.3) is 0 Å². The largest absolute Gasteiger partial charge is 0.437 e. The second kappa shape index (κ2) is 5.72. The number of rotatable bonds is 5. The number of nitrogens with zero attached hydrogens (tertiary/aromatic N) is 3. The molecule has 0 saturated heterocycles. The topological polar surface area (TPSA) is 78.2 Å². The van der Waals surface area contributed by atoms with Gasteiger partial charge < -0.3 is 4.74 Å². The maximum Gasteiger partial charge on any atom is 0.219 e. The first-order valence-electron chi connectivity index (χ1n) is 5.38. The Labute approximate surface area is 103 Å². The van der Waals surface area contributed by atoms with E-state index < -0.39 is 0 Å². The minimum Gasteiger partial charge on any atom is -0.437 e. The summed E-state index contributed by atoms with van der Waals surface area (Å²) in [5.74, 6) is 1.04. The zero-order valence-electron chi connectivity index (χ0n) is 9.52. The van der Waals surface area contributed by atoms with Gasteiger partial charge in [-0.1, -0.05) is 6.07 Å². The molecule has 0 spiro atoms. The number of hydrogen-bond acceptors (Lipinski definition) is 5. The first kappa shape index (κ1) is 12.0. The summed E-state index contributed by atoms with van der Waals surface area (Å²) in [4.78, 5) is 17.9. The highest BCUT2D eigenvalue weighted by molar-refractivity contribution is 5.25. The van der Waals surface area contributed by atoms with E-state index in [1.807, 2.05) is 0 Å². The quantitative estimate of drug-likeness (QED) is 0.595. The third kappa shape index (κ3) is 3.51. The lowest BCUT2D eigenvalue weighted by atomic mass is 10.2. The van der Waals surface area contributed by atoms with E-state index >= 15 is 0 Å². The van der Waals surface area contributed by atoms with Crippen molar-refractivity contribution in [1.29, 1.82) is 0 Å². The summed E-state index contributed by atoms with van der Waals surface area (Å²) in [6.45, 7) is -0.0928. The van der Waals surface area contributed by atoms with Gasteiger partial charge in [-0.05, 0) is 17.7 Å². The van der Waals surface area contributed by atoms with Crippen LogP contribution in [0, 0.1) is 10.1 Å². The van der Waals surface area contributed by atoms with E-state index in [1.165, 1.54) is 0 Å². The van der Waals surface area contributed by atoms with E-state index in [9.17, 15) is 10.1 Å². The van der Waals surface area contributed by atoms with Crippen molar-refractivity contribution < 1.29 is 9.66 Å². The van der Waals surface area contributed by atoms with Gasteiger partial charge in [0.2, 0.25) is 12.4 Å². The molecule has 6 heteroatoms. The lowest BCUT2D eigenvalue weighted by Gasteiger charge is -2.04. The minimum absolute atomic E-state index is 0.0928. The normalized spacial score (nSPS) is 10.0. The van der Waals surface area contributed by atoms with Gasteiger partial charge in [-0.25, -0.2) is 4.98 Å². The molecule has 0 saturated carbocycles. The molecule has 2 aromatic heterocycles. The summed E-state index contributed by atoms with van der Waals surface area (Å²) in [5, 5.41) is 10.2. The molecule has 0 aliphatic rings. The van der Waals surface area contributed by atoms with E-state index in [4.69, 9.17) is 4.74 Å². The molecular formula is C12H11N3O3. The number of nitro groups is 1. The summed E-state index contributed by atoms with van der Waals surface area (Å²) in [6.07, 6.45) is 5.19. The van der Waals surface area contributed by atoms with E-state index in [-0.39, 0.29) is 11.5 Å². The molecule has 2 rings (SSSR count). The van der Waals surface area contributed by atoms with Crippen molar-refractivity contribution in [2.75, 3.05) is 6.54 Å². The highest BCUT2D eigenvalue weighted by atomic mass is 16.6. The van der Waals surface area contributed by atoms with Gasteiger partial charge in [0.05, 0.1) is 6.20 Å². The van der Waals surface area contributed by atoms with Crippen molar-refractivity contribution >= 4 is 0 Å². The van der Waals surface area contributed by atoms with Crippen molar-refractivity contribution in [2.45, 2.75) is 6.42 Å². The van der Waals surface area contributed by atoms with E-state index in [1.54, 1.807) is 42.9 Å². The summed E-state index contributed by atoms with van der Waals surface area (Å²) in [6, 6.07) is 6.99. The summed E-state index contributed by atoms with van der Waals surface area (Å²) < 4.78 is 5.45. The van der Waals surface area contributed by atoms with Gasteiger partial charge in [0.1, 0.15) is 5.75 Å². The first-order valence-corrected chi connectivity index (χ1v) is 5.38. The molecule has 0 aromatic carbocycles. The zero-order chi connectivity index (χ0) is 12.8. The predicted octanol–water partition coefficient (Wildman–Crippen LogP) is 2.09. The van der Waals surface area contributed by atoms with Crippen LogP contribution in [0.15, 0.2) is 42.9 Å². The van der Waals surface area contributed by atoms with Crippen LogP contribution in [-0.2, 0) is 6.42 Å². The first-order chi connectivity index (χ1) is 8.74. The van der Waals surface area contributed by atoms with Crippen molar-refractivity contribution in [3.05, 3.63) is 58.5 Å². The molecular weight excluding hydrogens is 234 g/mol. The molecule has 2 heterocycles. The highest BCUT2D eigenvalue weighted by Crippen LogP contribution is 2.17. The second-order valence-electron chi connectivity index (χ2n) is 3.60. The summed E-state index contributed by atoms with van der Waals surface area (Å²) >= 11 is 0. The molecule has 0 radical (unpaired) electrons. The Balaban J connectivity index is 1.97. The van der Waals surface area contributed by atoms with E-state index in [0.717, 1.165) is 5.56 Å². The van der Waals surface area contributed by atoms with Gasteiger partial charge >= 0.3 is 0 Å². The molecule has 6 nitrogen and oxygen atoms in total. The van der Waals surface area contributed by atoms with Gasteiger partial charge in [-0.15, -0.1) is 0 Å². The van der Waals surface area contributed by atoms with Crippen LogP contribution in [0.1, 0.15) is 5.56 Å². The second-order valence-corrected chi connectivity index (χ2v) is 3.60. The molecule has 0 fully saturated rings. The molecule has 0 atom stereocenters. The summed E-state index contributed by atoms with van der Waals surface area (Å²) in [5.41, 5.74) is 0.810. The van der Waals surface area contributed by atoms with Gasteiger partial charge in [-0.3, -0.25) is 15.1 Å². The number of aromatic nitrogens is 2. The molecule has 0 unspecified atom stereocenters. The molecule has 92 valence electrons. The van der Waals surface area contributed by atoms with Crippen LogP contribution < -0.4 is 4.74 Å². The lowest BCUT2D eigenvalue weighted by molar-refractivity contribution is -0.479. The van der Waals surface area contributed by atoms with Crippen LogP contribution >= 0.6 is 0 Å². The Morgan fingerprint density at radius 3 is 2.78 bits per heavy atom. The fourth-order valence-corrected chi connectivity index (χ4v) is 1.37. The fraction of sp³-hybridized carbons (Fsp3) is 0.167. The van der Waals surface area contributed by atoms with Gasteiger partial charge in [0, 0.05) is 29.8 Å². The predicted molar refractivity (Wildman–Crippen MR) is 64.1 cm³/mol. The Morgan fingerprint density at radius 2 is 2.17 bits per heavy atom. The third-order valence-corrected chi connectivity index (χ3v) is 2.24. The van der Waals surface area contributed by atoms with Crippen molar-refractivity contribution in [1.82, 2.24) is 9.97 Å². The Kier molecular flexibility index (Phi) is 3.80. The van der Waals surface area contributed by atoms with Crippen LogP contribution in [0.3, 0.4) is 0 Å². The highest BCUT2D eigenvalue weighted by Gasteiger charge is 2.02. The van der Waals surface area contributed by atoms with Crippen LogP contribution in [0.5, 0.6) is 11.6 Å². The Morgan fingerprint density at radius 1 is 1.28 bits per heavy atom. The van der Waals surface area contributed by atoms with Crippen molar-refractivity contribution in [2.24, 2.45) is 0 Å². The third-order valence-electron chi connectivity index (χ3n) is 2.24. The van der Waals surface area contributed by atoms with Crippen LogP contribution in [-0.4, -0.2) is 21.4 Å². The van der Waals surface area contributed by atoms with Crippen molar-refractivity contribution in [3.8, 4) is 11.6 Å². The monoisotopic (exact) mass is 245 g/mol. The minimum atomic E-state index is -0.347. The Hall–Kier alpha value is -2.50. The maximum absolute atomic E-state index is 10.2. The maximum atomic E-state index is 10.2. The van der Waals surface area contributed by atoms with Gasteiger partial charge in [-0.2, -0.15) is 0 Å². The molecule has 0 amide bonds. The summed E-state index contributed by atoms with van der Waals surface area (Å²) in [7, 11) is 0. The zero-order valence-corrected chi connectivity index (χ0v) is 9.52. The molecule has 0 N–H and O–H groups in total. The van der Waals surface area contributed by atoms with Crippen molar-refractivity contribution in [3.63, 3.8) is 0 Å². The SMILES string of the molecule is O=[N+]([O-])CCc1ccc(Oc2cccnc2)nc1. The molecule has 2 aromatic rings. The van der Waals surface area contributed by atoms with Gasteiger partial charge in [0.25, 0.3) is 0 Å². The number of ether oxygens (including phenoxy) is 1. The fourth-order valence-electron chi connectivity index (χ4n) is 1.37. The molecule has 0 aliphatic heterocycles. The average molecular weight is 245 g/mol. The molecule has 18 heavy (non-hydrogen) atoms. The Bertz CT molecular complexity index is 514. The van der Waals surface area contributed by atoms with Crippen LogP contribution in [0.4, 0.5) is 0 Å². The van der Waals surface area contributed by atoms with Crippen LogP contribution in [0.2, 0.25) is 0 Å². The lowest BCUT2D eigenvalue weighted by Crippen LogP contribution is -2.04. The van der Waals surface area contributed by atoms with Gasteiger partial charge in [0.15, 0.2) is 0 Å². The molecule has 0 aliphatic carbocycles. The average Bonchev–Trinajstić information content (AvgIpc) is 2.39. The van der Waals surface area contributed by atoms with E-state index in [2.05, 4.69) is 9.97 Å². The van der Waals surface area contributed by atoms with E-state index in [0.29, 0.717) is 18.1 Å². The number of pyridine rings is 2. The number of hydrogen-bond donors (Lipinski definition) is 0. The smallest absolute Gasteiger partial charge is 0.219 e.